The Morgan fingerprint density at radius 3 is 2.54 bits per heavy atom. The second kappa shape index (κ2) is 5.84. The van der Waals surface area contributed by atoms with Gasteiger partial charge in [0.15, 0.2) is 0 Å². The van der Waals surface area contributed by atoms with E-state index in [1.54, 1.807) is 11.8 Å². The Morgan fingerprint density at radius 1 is 1.31 bits per heavy atom. The summed E-state index contributed by atoms with van der Waals surface area (Å²) in [5, 5.41) is 3.60. The minimum absolute atomic E-state index is 0.403. The van der Waals surface area contributed by atoms with Crippen LogP contribution in [0.15, 0.2) is 36.4 Å². The van der Waals surface area contributed by atoms with Gasteiger partial charge < -0.3 is 5.32 Å². The van der Waals surface area contributed by atoms with E-state index in [1.165, 1.54) is 5.56 Å². The number of hydrogen-bond donors (Lipinski definition) is 1. The molecule has 70 valence electrons. The maximum atomic E-state index is 3.20. The van der Waals surface area contributed by atoms with Gasteiger partial charge in [-0.1, -0.05) is 42.5 Å². The number of thioether (sulfide) groups is 1. The first-order chi connectivity index (χ1) is 6.36. The first-order valence-electron chi connectivity index (χ1n) is 4.30. The summed E-state index contributed by atoms with van der Waals surface area (Å²) in [6.45, 7) is 0. The van der Waals surface area contributed by atoms with Gasteiger partial charge in [-0.15, -0.1) is 11.8 Å². The van der Waals surface area contributed by atoms with Crippen LogP contribution in [0.1, 0.15) is 5.56 Å². The first kappa shape index (κ1) is 10.4. The van der Waals surface area contributed by atoms with E-state index >= 15 is 0 Å². The molecule has 0 heterocycles. The van der Waals surface area contributed by atoms with Crippen LogP contribution in [0.5, 0.6) is 0 Å². The van der Waals surface area contributed by atoms with Gasteiger partial charge in [0.25, 0.3) is 0 Å². The number of likely N-dealkylation sites (N-methyl/N-ethyl adjacent to an activating group) is 1. The standard InChI is InChI=1S/C11H15NS/c1-12-11(13-2)9-8-10-6-4-3-5-7-10/h3-9,11-12H,1-2H3. The highest BCUT2D eigenvalue weighted by molar-refractivity contribution is 7.99. The van der Waals surface area contributed by atoms with Crippen molar-refractivity contribution in [2.24, 2.45) is 0 Å². The van der Waals surface area contributed by atoms with Crippen molar-refractivity contribution in [3.63, 3.8) is 0 Å². The fourth-order valence-electron chi connectivity index (χ4n) is 1.06. The maximum absolute atomic E-state index is 3.20. The molecule has 0 saturated heterocycles. The van der Waals surface area contributed by atoms with E-state index in [4.69, 9.17) is 0 Å². The van der Waals surface area contributed by atoms with E-state index in [0.717, 1.165) is 0 Å². The zero-order chi connectivity index (χ0) is 9.52. The Hall–Kier alpha value is -0.730. The monoisotopic (exact) mass is 193 g/mol. The van der Waals surface area contributed by atoms with Crippen molar-refractivity contribution in [2.75, 3.05) is 13.3 Å². The SMILES string of the molecule is CNC(C=Cc1ccccc1)SC. The molecule has 0 aliphatic heterocycles. The third-order valence-corrected chi connectivity index (χ3v) is 2.70. The van der Waals surface area contributed by atoms with Crippen LogP contribution in [0, 0.1) is 0 Å². The van der Waals surface area contributed by atoms with E-state index in [9.17, 15) is 0 Å². The zero-order valence-corrected chi connectivity index (χ0v) is 8.84. The molecule has 0 radical (unpaired) electrons. The molecule has 0 spiro atoms. The molecule has 1 unspecified atom stereocenters. The minimum Gasteiger partial charge on any atom is -0.305 e. The average Bonchev–Trinajstić information content (AvgIpc) is 2.21. The molecule has 0 saturated carbocycles. The van der Waals surface area contributed by atoms with Crippen molar-refractivity contribution < 1.29 is 0 Å². The second-order valence-electron chi connectivity index (χ2n) is 2.71. The molecule has 2 heteroatoms. The van der Waals surface area contributed by atoms with Gasteiger partial charge in [0, 0.05) is 0 Å². The van der Waals surface area contributed by atoms with Crippen molar-refractivity contribution in [2.45, 2.75) is 5.37 Å². The number of rotatable bonds is 4. The molecule has 0 bridgehead atoms. The summed E-state index contributed by atoms with van der Waals surface area (Å²) < 4.78 is 0. The Balaban J connectivity index is 2.57. The Morgan fingerprint density at radius 2 is 2.00 bits per heavy atom. The number of nitrogens with one attached hydrogen (secondary N) is 1. The van der Waals surface area contributed by atoms with Gasteiger partial charge in [-0.05, 0) is 18.9 Å². The molecule has 0 aromatic heterocycles. The van der Waals surface area contributed by atoms with E-state index in [-0.39, 0.29) is 0 Å². The van der Waals surface area contributed by atoms with Gasteiger partial charge in [0.05, 0.1) is 5.37 Å². The highest BCUT2D eigenvalue weighted by atomic mass is 32.2. The third-order valence-electron chi connectivity index (χ3n) is 1.80. The lowest BCUT2D eigenvalue weighted by atomic mass is 10.2. The fraction of sp³-hybridized carbons (Fsp3) is 0.273. The second-order valence-corrected chi connectivity index (χ2v) is 3.69. The summed E-state index contributed by atoms with van der Waals surface area (Å²) in [6, 6.07) is 10.3. The van der Waals surface area contributed by atoms with Gasteiger partial charge in [-0.2, -0.15) is 0 Å². The van der Waals surface area contributed by atoms with Crippen LogP contribution < -0.4 is 5.32 Å². The van der Waals surface area contributed by atoms with Crippen molar-refractivity contribution in [1.82, 2.24) is 5.32 Å². The van der Waals surface area contributed by atoms with Crippen molar-refractivity contribution in [3.05, 3.63) is 42.0 Å². The summed E-state index contributed by atoms with van der Waals surface area (Å²) in [5.41, 5.74) is 1.25. The summed E-state index contributed by atoms with van der Waals surface area (Å²) >= 11 is 1.79. The normalized spacial score (nSPS) is 13.4. The van der Waals surface area contributed by atoms with Gasteiger partial charge in [0.2, 0.25) is 0 Å². The topological polar surface area (TPSA) is 12.0 Å². The quantitative estimate of drug-likeness (QED) is 0.738. The summed E-state index contributed by atoms with van der Waals surface area (Å²) in [6.07, 6.45) is 6.40. The van der Waals surface area contributed by atoms with Crippen LogP contribution in [0.3, 0.4) is 0 Å². The Bertz CT molecular complexity index is 252. The van der Waals surface area contributed by atoms with E-state index < -0.39 is 0 Å². The van der Waals surface area contributed by atoms with Crippen molar-refractivity contribution in [1.29, 1.82) is 0 Å². The van der Waals surface area contributed by atoms with Gasteiger partial charge in [0.1, 0.15) is 0 Å². The minimum atomic E-state index is 0.403. The Kier molecular flexibility index (Phi) is 4.65. The third kappa shape index (κ3) is 3.66. The van der Waals surface area contributed by atoms with Gasteiger partial charge >= 0.3 is 0 Å². The molecular weight excluding hydrogens is 178 g/mol. The van der Waals surface area contributed by atoms with Crippen molar-refractivity contribution >= 4 is 17.8 Å². The first-order valence-corrected chi connectivity index (χ1v) is 5.59. The molecular formula is C11H15NS. The van der Waals surface area contributed by atoms with Crippen LogP contribution in [0.2, 0.25) is 0 Å². The fourth-order valence-corrected chi connectivity index (χ4v) is 1.53. The maximum Gasteiger partial charge on any atom is 0.0717 e. The molecule has 1 rings (SSSR count). The molecule has 13 heavy (non-hydrogen) atoms. The average molecular weight is 193 g/mol. The lowest BCUT2D eigenvalue weighted by molar-refractivity contribution is 0.871. The lowest BCUT2D eigenvalue weighted by Crippen LogP contribution is -2.17. The van der Waals surface area contributed by atoms with E-state index in [2.05, 4.69) is 35.9 Å². The molecule has 0 aliphatic carbocycles. The van der Waals surface area contributed by atoms with Crippen LogP contribution in [-0.4, -0.2) is 18.7 Å². The molecule has 0 amide bonds. The highest BCUT2D eigenvalue weighted by Crippen LogP contribution is 2.07. The molecule has 1 aromatic carbocycles. The molecule has 1 aromatic rings. The summed E-state index contributed by atoms with van der Waals surface area (Å²) in [4.78, 5) is 0. The zero-order valence-electron chi connectivity index (χ0n) is 8.03. The van der Waals surface area contributed by atoms with E-state index in [0.29, 0.717) is 5.37 Å². The molecule has 1 atom stereocenters. The van der Waals surface area contributed by atoms with Crippen LogP contribution in [-0.2, 0) is 0 Å². The predicted molar refractivity (Wildman–Crippen MR) is 61.8 cm³/mol. The van der Waals surface area contributed by atoms with E-state index in [1.807, 2.05) is 25.2 Å². The van der Waals surface area contributed by atoms with Crippen LogP contribution in [0.25, 0.3) is 6.08 Å². The van der Waals surface area contributed by atoms with Gasteiger partial charge in [-0.25, -0.2) is 0 Å². The van der Waals surface area contributed by atoms with Crippen LogP contribution in [0.4, 0.5) is 0 Å². The molecule has 0 aliphatic rings. The predicted octanol–water partition coefficient (Wildman–Crippen LogP) is 2.61. The van der Waals surface area contributed by atoms with Crippen LogP contribution >= 0.6 is 11.8 Å². The Labute approximate surface area is 84.2 Å². The lowest BCUT2D eigenvalue weighted by Gasteiger charge is -2.06. The summed E-state index contributed by atoms with van der Waals surface area (Å²) in [5.74, 6) is 0. The molecule has 0 fully saturated rings. The molecule has 1 N–H and O–H groups in total. The summed E-state index contributed by atoms with van der Waals surface area (Å²) in [7, 11) is 1.97. The smallest absolute Gasteiger partial charge is 0.0717 e. The number of benzene rings is 1. The van der Waals surface area contributed by atoms with Crippen molar-refractivity contribution in [3.8, 4) is 0 Å². The largest absolute Gasteiger partial charge is 0.305 e. The number of hydrogen-bond acceptors (Lipinski definition) is 2. The molecule has 1 nitrogen and oxygen atoms in total. The highest BCUT2D eigenvalue weighted by Gasteiger charge is 1.95. The van der Waals surface area contributed by atoms with Gasteiger partial charge in [-0.3, -0.25) is 0 Å².